The Kier molecular flexibility index (Phi) is 2.37. The van der Waals surface area contributed by atoms with Gasteiger partial charge in [0.1, 0.15) is 0 Å². The quantitative estimate of drug-likeness (QED) is 0.704. The molecule has 0 fully saturated rings. The SMILES string of the molecule is O=c1ccn(Cc2c[nH]c3ccccc23)c(=O)[nH]1. The molecule has 2 aromatic heterocycles. The standard InChI is InChI=1S/C13H11N3O2/c17-12-5-6-16(13(18)15-12)8-9-7-14-11-4-2-1-3-10(9)11/h1-7,14H,8H2,(H,15,17,18). The van der Waals surface area contributed by atoms with Gasteiger partial charge in [-0.1, -0.05) is 18.2 Å². The van der Waals surface area contributed by atoms with Gasteiger partial charge < -0.3 is 4.98 Å². The zero-order chi connectivity index (χ0) is 12.5. The van der Waals surface area contributed by atoms with Crippen LogP contribution in [0.1, 0.15) is 5.56 Å². The fourth-order valence-corrected chi connectivity index (χ4v) is 2.01. The van der Waals surface area contributed by atoms with Crippen LogP contribution in [0.2, 0.25) is 0 Å². The first kappa shape index (κ1) is 10.6. The van der Waals surface area contributed by atoms with Crippen LogP contribution in [0, 0.1) is 0 Å². The maximum absolute atomic E-state index is 11.6. The molecule has 0 radical (unpaired) electrons. The van der Waals surface area contributed by atoms with Gasteiger partial charge in [-0.15, -0.1) is 0 Å². The summed E-state index contributed by atoms with van der Waals surface area (Å²) in [7, 11) is 0. The summed E-state index contributed by atoms with van der Waals surface area (Å²) in [5, 5.41) is 1.08. The van der Waals surface area contributed by atoms with Gasteiger partial charge in [-0.25, -0.2) is 4.79 Å². The van der Waals surface area contributed by atoms with Crippen molar-refractivity contribution in [3.05, 3.63) is 69.1 Å². The van der Waals surface area contributed by atoms with Crippen molar-refractivity contribution >= 4 is 10.9 Å². The molecule has 0 amide bonds. The minimum atomic E-state index is -0.396. The average Bonchev–Trinajstić information content (AvgIpc) is 2.76. The second-order valence-corrected chi connectivity index (χ2v) is 4.10. The van der Waals surface area contributed by atoms with E-state index in [9.17, 15) is 9.59 Å². The number of aromatic amines is 2. The third-order valence-corrected chi connectivity index (χ3v) is 2.91. The molecule has 0 spiro atoms. The van der Waals surface area contributed by atoms with E-state index in [4.69, 9.17) is 0 Å². The molecule has 0 aliphatic rings. The molecule has 0 bridgehead atoms. The summed E-state index contributed by atoms with van der Waals surface area (Å²) in [5.41, 5.74) is 1.27. The van der Waals surface area contributed by atoms with Crippen LogP contribution in [-0.2, 0) is 6.54 Å². The number of hydrogen-bond acceptors (Lipinski definition) is 2. The van der Waals surface area contributed by atoms with Crippen molar-refractivity contribution < 1.29 is 0 Å². The molecule has 1 aromatic carbocycles. The minimum Gasteiger partial charge on any atom is -0.361 e. The Morgan fingerprint density at radius 1 is 1.11 bits per heavy atom. The third-order valence-electron chi connectivity index (χ3n) is 2.91. The van der Waals surface area contributed by atoms with E-state index in [0.717, 1.165) is 16.5 Å². The Labute approximate surface area is 102 Å². The fourth-order valence-electron chi connectivity index (χ4n) is 2.01. The fraction of sp³-hybridized carbons (Fsp3) is 0.0769. The van der Waals surface area contributed by atoms with Gasteiger partial charge in [0.2, 0.25) is 0 Å². The Hall–Kier alpha value is -2.56. The number of H-pyrrole nitrogens is 2. The first-order valence-corrected chi connectivity index (χ1v) is 5.59. The van der Waals surface area contributed by atoms with Gasteiger partial charge in [-0.3, -0.25) is 14.3 Å². The van der Waals surface area contributed by atoms with Crippen molar-refractivity contribution in [2.45, 2.75) is 6.54 Å². The molecule has 90 valence electrons. The lowest BCUT2D eigenvalue weighted by atomic mass is 10.2. The van der Waals surface area contributed by atoms with Gasteiger partial charge in [-0.05, 0) is 11.6 Å². The Morgan fingerprint density at radius 3 is 2.78 bits per heavy atom. The molecular weight excluding hydrogens is 230 g/mol. The van der Waals surface area contributed by atoms with Gasteiger partial charge in [0.05, 0.1) is 6.54 Å². The highest BCUT2D eigenvalue weighted by Crippen LogP contribution is 2.17. The number of rotatable bonds is 2. The van der Waals surface area contributed by atoms with Crippen LogP contribution >= 0.6 is 0 Å². The van der Waals surface area contributed by atoms with Crippen LogP contribution in [0.5, 0.6) is 0 Å². The van der Waals surface area contributed by atoms with E-state index in [2.05, 4.69) is 9.97 Å². The molecule has 0 aliphatic carbocycles. The van der Waals surface area contributed by atoms with Crippen molar-refractivity contribution in [3.8, 4) is 0 Å². The number of aromatic nitrogens is 3. The summed E-state index contributed by atoms with van der Waals surface area (Å²) >= 11 is 0. The second kappa shape index (κ2) is 4.03. The molecule has 0 saturated heterocycles. The van der Waals surface area contributed by atoms with Crippen LogP contribution in [0.15, 0.2) is 52.3 Å². The molecule has 0 unspecified atom stereocenters. The van der Waals surface area contributed by atoms with Crippen molar-refractivity contribution in [1.82, 2.24) is 14.5 Å². The highest BCUT2D eigenvalue weighted by atomic mass is 16.2. The maximum Gasteiger partial charge on any atom is 0.328 e. The molecule has 0 aliphatic heterocycles. The second-order valence-electron chi connectivity index (χ2n) is 4.10. The Bertz CT molecular complexity index is 810. The molecule has 3 aromatic rings. The van der Waals surface area contributed by atoms with Crippen molar-refractivity contribution in [3.63, 3.8) is 0 Å². The summed E-state index contributed by atoms with van der Waals surface area (Å²) < 4.78 is 1.47. The molecule has 2 heterocycles. The molecule has 5 heteroatoms. The molecule has 18 heavy (non-hydrogen) atoms. The zero-order valence-electron chi connectivity index (χ0n) is 9.51. The molecule has 0 atom stereocenters. The average molecular weight is 241 g/mol. The smallest absolute Gasteiger partial charge is 0.328 e. The van der Waals surface area contributed by atoms with Crippen LogP contribution in [-0.4, -0.2) is 14.5 Å². The number of nitrogens with one attached hydrogen (secondary N) is 2. The van der Waals surface area contributed by atoms with Crippen molar-refractivity contribution in [2.24, 2.45) is 0 Å². The van der Waals surface area contributed by atoms with E-state index in [1.54, 1.807) is 0 Å². The predicted octanol–water partition coefficient (Wildman–Crippen LogP) is 1.07. The van der Waals surface area contributed by atoms with E-state index >= 15 is 0 Å². The lowest BCUT2D eigenvalue weighted by Crippen LogP contribution is -2.28. The summed E-state index contributed by atoms with van der Waals surface area (Å²) in [5.74, 6) is 0. The van der Waals surface area contributed by atoms with Crippen molar-refractivity contribution in [1.29, 1.82) is 0 Å². The number of hydrogen-bond donors (Lipinski definition) is 2. The van der Waals surface area contributed by atoms with E-state index in [1.807, 2.05) is 30.5 Å². The molecule has 3 rings (SSSR count). The van der Waals surface area contributed by atoms with Crippen LogP contribution < -0.4 is 11.2 Å². The monoisotopic (exact) mass is 241 g/mol. The summed E-state index contributed by atoms with van der Waals surface area (Å²) in [6.07, 6.45) is 3.38. The van der Waals surface area contributed by atoms with Gasteiger partial charge in [0.15, 0.2) is 0 Å². The molecule has 2 N–H and O–H groups in total. The highest BCUT2D eigenvalue weighted by molar-refractivity contribution is 5.82. The van der Waals surface area contributed by atoms with Crippen molar-refractivity contribution in [2.75, 3.05) is 0 Å². The maximum atomic E-state index is 11.6. The van der Waals surface area contributed by atoms with Gasteiger partial charge >= 0.3 is 5.69 Å². The van der Waals surface area contributed by atoms with E-state index in [0.29, 0.717) is 6.54 Å². The third kappa shape index (κ3) is 1.75. The highest BCUT2D eigenvalue weighted by Gasteiger charge is 2.04. The van der Waals surface area contributed by atoms with E-state index < -0.39 is 5.69 Å². The molecule has 0 saturated carbocycles. The first-order chi connectivity index (χ1) is 8.74. The Balaban J connectivity index is 2.07. The molecular formula is C13H11N3O2. The number of fused-ring (bicyclic) bond motifs is 1. The summed E-state index contributed by atoms with van der Waals surface area (Å²) in [6, 6.07) is 9.23. The van der Waals surface area contributed by atoms with Crippen LogP contribution in [0.4, 0.5) is 0 Å². The number of para-hydroxylation sites is 1. The van der Waals surface area contributed by atoms with Gasteiger partial charge in [-0.2, -0.15) is 0 Å². The van der Waals surface area contributed by atoms with Gasteiger partial charge in [0.25, 0.3) is 5.56 Å². The van der Waals surface area contributed by atoms with E-state index in [1.165, 1.54) is 16.8 Å². The summed E-state index contributed by atoms with van der Waals surface area (Å²) in [4.78, 5) is 28.0. The summed E-state index contributed by atoms with van der Waals surface area (Å²) in [6.45, 7) is 0.430. The topological polar surface area (TPSA) is 70.7 Å². The molecule has 5 nitrogen and oxygen atoms in total. The minimum absolute atomic E-state index is 0.379. The lowest BCUT2D eigenvalue weighted by Gasteiger charge is -2.02. The number of benzene rings is 1. The van der Waals surface area contributed by atoms with Gasteiger partial charge in [0, 0.05) is 29.4 Å². The largest absolute Gasteiger partial charge is 0.361 e. The first-order valence-electron chi connectivity index (χ1n) is 5.59. The normalized spacial score (nSPS) is 10.9. The zero-order valence-corrected chi connectivity index (χ0v) is 9.51. The number of nitrogens with zero attached hydrogens (tertiary/aromatic N) is 1. The lowest BCUT2D eigenvalue weighted by molar-refractivity contribution is 0.724. The van der Waals surface area contributed by atoms with E-state index in [-0.39, 0.29) is 5.56 Å². The predicted molar refractivity (Wildman–Crippen MR) is 68.7 cm³/mol. The van der Waals surface area contributed by atoms with Crippen LogP contribution in [0.25, 0.3) is 10.9 Å². The van der Waals surface area contributed by atoms with Crippen LogP contribution in [0.3, 0.4) is 0 Å². The Morgan fingerprint density at radius 2 is 1.94 bits per heavy atom.